The highest BCUT2D eigenvalue weighted by molar-refractivity contribution is 5.98. The lowest BCUT2D eigenvalue weighted by molar-refractivity contribution is -0.129. The molecule has 188 valence electrons. The van der Waals surface area contributed by atoms with E-state index < -0.39 is 5.97 Å². The highest BCUT2D eigenvalue weighted by Gasteiger charge is 2.21. The number of rotatable bonds is 10. The molecule has 2 aromatic carbocycles. The van der Waals surface area contributed by atoms with Crippen LogP contribution in [-0.4, -0.2) is 35.9 Å². The average Bonchev–Trinajstić information content (AvgIpc) is 2.86. The second-order valence-electron chi connectivity index (χ2n) is 7.88. The highest BCUT2D eigenvalue weighted by Crippen LogP contribution is 2.37. The van der Waals surface area contributed by atoms with Gasteiger partial charge in [-0.2, -0.15) is 9.97 Å². The number of hydrogen-bond acceptors (Lipinski definition) is 9. The van der Waals surface area contributed by atoms with Gasteiger partial charge >= 0.3 is 5.97 Å². The molecule has 0 unspecified atom stereocenters. The van der Waals surface area contributed by atoms with Gasteiger partial charge in [-0.1, -0.05) is 41.1 Å². The van der Waals surface area contributed by atoms with Crippen molar-refractivity contribution in [3.8, 4) is 23.3 Å². The van der Waals surface area contributed by atoms with Crippen LogP contribution in [0.15, 0.2) is 60.0 Å². The van der Waals surface area contributed by atoms with E-state index in [9.17, 15) is 4.79 Å². The van der Waals surface area contributed by atoms with E-state index in [0.29, 0.717) is 23.9 Å². The number of methoxy groups -OCH3 is 2. The Morgan fingerprint density at radius 3 is 2.56 bits per heavy atom. The second kappa shape index (κ2) is 12.3. The summed E-state index contributed by atoms with van der Waals surface area (Å²) in [4.78, 5) is 26.2. The standard InChI is InChI=1S/C27H29N3O6/c1-17-10-11-18(2)22(14-17)16-34-30-19(3)21-8-7-9-23(15-21)35-27-25(36-24(31)12-13-32-5)26(33-6)28-20(4)29-27/h7-15H,16H2,1-6H3. The maximum absolute atomic E-state index is 12.1. The van der Waals surface area contributed by atoms with Crippen molar-refractivity contribution >= 4 is 11.7 Å². The number of carbonyl (C=O) groups is 1. The van der Waals surface area contributed by atoms with Crippen LogP contribution in [0.25, 0.3) is 0 Å². The maximum atomic E-state index is 12.1. The summed E-state index contributed by atoms with van der Waals surface area (Å²) in [6, 6.07) is 13.4. The summed E-state index contributed by atoms with van der Waals surface area (Å²) in [6.07, 6.45) is 2.31. The van der Waals surface area contributed by atoms with Crippen molar-refractivity contribution in [3.63, 3.8) is 0 Å². The number of carbonyl (C=O) groups excluding carboxylic acids is 1. The van der Waals surface area contributed by atoms with Crippen molar-refractivity contribution in [3.05, 3.63) is 82.9 Å². The third-order valence-electron chi connectivity index (χ3n) is 5.04. The number of benzene rings is 2. The highest BCUT2D eigenvalue weighted by atomic mass is 16.6. The SMILES string of the molecule is COC=CC(=O)Oc1c(OC)nc(C)nc1Oc1cccc(C(C)=NOCc2cc(C)ccc2C)c1. The van der Waals surface area contributed by atoms with Gasteiger partial charge in [0.15, 0.2) is 0 Å². The Morgan fingerprint density at radius 2 is 1.81 bits per heavy atom. The van der Waals surface area contributed by atoms with Crippen LogP contribution in [0.2, 0.25) is 0 Å². The summed E-state index contributed by atoms with van der Waals surface area (Å²) in [5.41, 5.74) is 4.85. The third kappa shape index (κ3) is 7.05. The van der Waals surface area contributed by atoms with Gasteiger partial charge in [-0.3, -0.25) is 0 Å². The molecular formula is C27H29N3O6. The molecule has 1 aromatic heterocycles. The number of ether oxygens (including phenoxy) is 4. The van der Waals surface area contributed by atoms with Crippen LogP contribution in [-0.2, 0) is 21.0 Å². The zero-order valence-electron chi connectivity index (χ0n) is 21.2. The summed E-state index contributed by atoms with van der Waals surface area (Å²) in [5, 5.41) is 4.26. The Hall–Kier alpha value is -4.40. The molecule has 0 spiro atoms. The van der Waals surface area contributed by atoms with E-state index in [0.717, 1.165) is 22.8 Å². The van der Waals surface area contributed by atoms with Crippen molar-refractivity contribution in [2.75, 3.05) is 14.2 Å². The third-order valence-corrected chi connectivity index (χ3v) is 5.04. The van der Waals surface area contributed by atoms with Crippen molar-refractivity contribution in [2.24, 2.45) is 5.16 Å². The molecule has 3 rings (SSSR count). The fourth-order valence-corrected chi connectivity index (χ4v) is 3.17. The van der Waals surface area contributed by atoms with Crippen molar-refractivity contribution in [1.29, 1.82) is 0 Å². The predicted molar refractivity (Wildman–Crippen MR) is 135 cm³/mol. The van der Waals surface area contributed by atoms with Gasteiger partial charge in [-0.25, -0.2) is 4.79 Å². The van der Waals surface area contributed by atoms with Crippen LogP contribution in [0.1, 0.15) is 35.0 Å². The van der Waals surface area contributed by atoms with E-state index in [1.807, 2.05) is 32.9 Å². The summed E-state index contributed by atoms with van der Waals surface area (Å²) >= 11 is 0. The molecule has 3 aromatic rings. The van der Waals surface area contributed by atoms with Crippen molar-refractivity contribution in [2.45, 2.75) is 34.3 Å². The molecule has 0 aliphatic rings. The number of aromatic nitrogens is 2. The van der Waals surface area contributed by atoms with Gasteiger partial charge in [0.25, 0.3) is 17.5 Å². The number of hydrogen-bond donors (Lipinski definition) is 0. The zero-order valence-corrected chi connectivity index (χ0v) is 21.2. The fraction of sp³-hybridized carbons (Fsp3) is 0.259. The topological polar surface area (TPSA) is 101 Å². The van der Waals surface area contributed by atoms with E-state index in [4.69, 9.17) is 23.8 Å². The average molecular weight is 492 g/mol. The molecule has 0 saturated carbocycles. The lowest BCUT2D eigenvalue weighted by atomic mass is 10.1. The van der Waals surface area contributed by atoms with E-state index in [1.54, 1.807) is 19.1 Å². The normalized spacial score (nSPS) is 11.3. The van der Waals surface area contributed by atoms with Crippen LogP contribution in [0.4, 0.5) is 0 Å². The Balaban J connectivity index is 1.80. The number of aryl methyl sites for hydroxylation is 3. The maximum Gasteiger partial charge on any atom is 0.339 e. The number of esters is 1. The van der Waals surface area contributed by atoms with Gasteiger partial charge in [-0.15, -0.1) is 0 Å². The quantitative estimate of drug-likeness (QED) is 0.125. The Morgan fingerprint density at radius 1 is 1.03 bits per heavy atom. The first-order valence-electron chi connectivity index (χ1n) is 11.2. The van der Waals surface area contributed by atoms with Gasteiger partial charge in [0.2, 0.25) is 0 Å². The van der Waals surface area contributed by atoms with Crippen LogP contribution >= 0.6 is 0 Å². The Labute approximate surface area is 210 Å². The molecule has 0 bridgehead atoms. The van der Waals surface area contributed by atoms with Crippen molar-refractivity contribution in [1.82, 2.24) is 9.97 Å². The van der Waals surface area contributed by atoms with E-state index >= 15 is 0 Å². The largest absolute Gasteiger partial charge is 0.504 e. The zero-order chi connectivity index (χ0) is 26.1. The van der Waals surface area contributed by atoms with Crippen LogP contribution in [0, 0.1) is 20.8 Å². The van der Waals surface area contributed by atoms with Gasteiger partial charge < -0.3 is 23.8 Å². The van der Waals surface area contributed by atoms with Crippen LogP contribution in [0.5, 0.6) is 23.3 Å². The summed E-state index contributed by atoms with van der Waals surface area (Å²) in [6.45, 7) is 7.97. The smallest absolute Gasteiger partial charge is 0.339 e. The van der Waals surface area contributed by atoms with Gasteiger partial charge in [0, 0.05) is 5.56 Å². The minimum absolute atomic E-state index is 0.0245. The van der Waals surface area contributed by atoms with E-state index in [2.05, 4.69) is 33.3 Å². The van der Waals surface area contributed by atoms with E-state index in [-0.39, 0.29) is 17.5 Å². The second-order valence-corrected chi connectivity index (χ2v) is 7.88. The molecule has 1 heterocycles. The first-order chi connectivity index (χ1) is 17.3. The first-order valence-corrected chi connectivity index (χ1v) is 11.2. The minimum Gasteiger partial charge on any atom is -0.504 e. The lowest BCUT2D eigenvalue weighted by Gasteiger charge is -2.13. The summed E-state index contributed by atoms with van der Waals surface area (Å²) in [5.74, 6) is 0.151. The monoisotopic (exact) mass is 491 g/mol. The molecule has 0 aliphatic carbocycles. The number of nitrogens with zero attached hydrogens (tertiary/aromatic N) is 3. The molecule has 0 radical (unpaired) electrons. The molecule has 0 N–H and O–H groups in total. The molecule has 0 amide bonds. The van der Waals surface area contributed by atoms with E-state index in [1.165, 1.54) is 26.0 Å². The van der Waals surface area contributed by atoms with Crippen molar-refractivity contribution < 1.29 is 28.6 Å². The molecule has 9 heteroatoms. The lowest BCUT2D eigenvalue weighted by Crippen LogP contribution is -2.09. The van der Waals surface area contributed by atoms with Gasteiger partial charge in [-0.05, 0) is 51.0 Å². The minimum atomic E-state index is -0.704. The van der Waals surface area contributed by atoms with Gasteiger partial charge in [0.05, 0.1) is 32.3 Å². The first kappa shape index (κ1) is 26.2. The Bertz CT molecular complexity index is 1290. The molecular weight excluding hydrogens is 462 g/mol. The molecule has 0 aliphatic heterocycles. The number of oxime groups is 1. The van der Waals surface area contributed by atoms with Gasteiger partial charge in [0.1, 0.15) is 18.2 Å². The summed E-state index contributed by atoms with van der Waals surface area (Å²) < 4.78 is 21.4. The summed E-state index contributed by atoms with van der Waals surface area (Å²) in [7, 11) is 2.83. The molecule has 0 saturated heterocycles. The Kier molecular flexibility index (Phi) is 8.99. The van der Waals surface area contributed by atoms with Crippen LogP contribution in [0.3, 0.4) is 0 Å². The molecule has 0 fully saturated rings. The predicted octanol–water partition coefficient (Wildman–Crippen LogP) is 5.21. The molecule has 0 atom stereocenters. The van der Waals surface area contributed by atoms with Crippen LogP contribution < -0.4 is 14.2 Å². The molecule has 9 nitrogen and oxygen atoms in total. The molecule has 36 heavy (non-hydrogen) atoms. The fourth-order valence-electron chi connectivity index (χ4n) is 3.17.